The Bertz CT molecular complexity index is 549. The molecule has 1 aromatic carbocycles. The molecular weight excluding hydrogens is 272 g/mol. The summed E-state index contributed by atoms with van der Waals surface area (Å²) in [5.41, 5.74) is 6.86. The highest BCUT2D eigenvalue weighted by atomic mass is 32.2. The Morgan fingerprint density at radius 1 is 1.35 bits per heavy atom. The van der Waals surface area contributed by atoms with Crippen LogP contribution in [0, 0.1) is 12.8 Å². The van der Waals surface area contributed by atoms with Crippen molar-refractivity contribution in [1.82, 2.24) is 4.72 Å². The van der Waals surface area contributed by atoms with Crippen LogP contribution in [-0.2, 0) is 10.0 Å². The van der Waals surface area contributed by atoms with Gasteiger partial charge in [-0.15, -0.1) is 0 Å². The molecule has 0 saturated heterocycles. The van der Waals surface area contributed by atoms with Gasteiger partial charge >= 0.3 is 0 Å². The van der Waals surface area contributed by atoms with Crippen LogP contribution in [0.2, 0.25) is 0 Å². The Hall–Kier alpha value is -1.07. The van der Waals surface area contributed by atoms with Crippen molar-refractivity contribution in [2.75, 3.05) is 5.73 Å². The first-order valence-electron chi connectivity index (χ1n) is 7.31. The van der Waals surface area contributed by atoms with Crippen LogP contribution in [0.1, 0.15) is 44.6 Å². The van der Waals surface area contributed by atoms with Crippen LogP contribution in [-0.4, -0.2) is 14.5 Å². The maximum atomic E-state index is 12.5. The molecule has 20 heavy (non-hydrogen) atoms. The molecule has 0 radical (unpaired) electrons. The second-order valence-electron chi connectivity index (χ2n) is 5.75. The monoisotopic (exact) mass is 296 g/mol. The van der Waals surface area contributed by atoms with Gasteiger partial charge in [-0.1, -0.05) is 38.3 Å². The normalized spacial score (nSPS) is 23.7. The average Bonchev–Trinajstić information content (AvgIpc) is 2.37. The fourth-order valence-electron chi connectivity index (χ4n) is 3.09. The lowest BCUT2D eigenvalue weighted by Crippen LogP contribution is -2.38. The predicted molar refractivity (Wildman–Crippen MR) is 81.9 cm³/mol. The Balaban J connectivity index is 2.19. The molecule has 1 aromatic rings. The van der Waals surface area contributed by atoms with Crippen molar-refractivity contribution >= 4 is 15.7 Å². The minimum Gasteiger partial charge on any atom is -0.398 e. The highest BCUT2D eigenvalue weighted by Gasteiger charge is 2.27. The molecule has 0 aliphatic heterocycles. The van der Waals surface area contributed by atoms with E-state index in [4.69, 9.17) is 5.73 Å². The van der Waals surface area contributed by atoms with Crippen LogP contribution >= 0.6 is 0 Å². The van der Waals surface area contributed by atoms with E-state index < -0.39 is 10.0 Å². The highest BCUT2D eigenvalue weighted by Crippen LogP contribution is 2.29. The molecule has 3 N–H and O–H groups in total. The molecule has 1 fully saturated rings. The maximum Gasteiger partial charge on any atom is 0.243 e. The molecule has 1 saturated carbocycles. The van der Waals surface area contributed by atoms with E-state index in [2.05, 4.69) is 11.6 Å². The van der Waals surface area contributed by atoms with Crippen LogP contribution in [0.25, 0.3) is 0 Å². The summed E-state index contributed by atoms with van der Waals surface area (Å²) >= 11 is 0. The molecule has 0 heterocycles. The van der Waals surface area contributed by atoms with E-state index in [1.165, 1.54) is 6.42 Å². The topological polar surface area (TPSA) is 72.2 Å². The summed E-state index contributed by atoms with van der Waals surface area (Å²) in [5.74, 6) is 0.630. The number of hydrogen-bond donors (Lipinski definition) is 2. The largest absolute Gasteiger partial charge is 0.398 e. The van der Waals surface area contributed by atoms with Gasteiger partial charge in [-0.05, 0) is 37.3 Å². The number of sulfonamides is 1. The molecule has 0 spiro atoms. The van der Waals surface area contributed by atoms with Crippen LogP contribution in [0.5, 0.6) is 0 Å². The first-order chi connectivity index (χ1) is 9.44. The van der Waals surface area contributed by atoms with Gasteiger partial charge in [0.05, 0.1) is 5.69 Å². The Morgan fingerprint density at radius 2 is 2.10 bits per heavy atom. The fourth-order valence-corrected chi connectivity index (χ4v) is 4.73. The number of nitrogens with one attached hydrogen (secondary N) is 1. The third-order valence-corrected chi connectivity index (χ3v) is 5.93. The molecule has 1 aliphatic rings. The van der Waals surface area contributed by atoms with Gasteiger partial charge in [-0.25, -0.2) is 13.1 Å². The molecule has 2 rings (SSSR count). The second kappa shape index (κ2) is 6.14. The van der Waals surface area contributed by atoms with Crippen LogP contribution < -0.4 is 10.5 Å². The van der Waals surface area contributed by atoms with Gasteiger partial charge in [0.2, 0.25) is 10.0 Å². The van der Waals surface area contributed by atoms with Gasteiger partial charge in [0, 0.05) is 6.04 Å². The van der Waals surface area contributed by atoms with Crippen LogP contribution in [0.4, 0.5) is 5.69 Å². The summed E-state index contributed by atoms with van der Waals surface area (Å²) in [6.07, 6.45) is 5.27. The zero-order chi connectivity index (χ0) is 14.8. The first-order valence-corrected chi connectivity index (χ1v) is 8.79. The minimum absolute atomic E-state index is 0.0395. The number of nitrogens with two attached hydrogens (primary N) is 1. The van der Waals surface area contributed by atoms with Crippen molar-refractivity contribution < 1.29 is 8.42 Å². The summed E-state index contributed by atoms with van der Waals surface area (Å²) in [4.78, 5) is 0.235. The van der Waals surface area contributed by atoms with Gasteiger partial charge in [0.25, 0.3) is 0 Å². The number of anilines is 1. The summed E-state index contributed by atoms with van der Waals surface area (Å²) in [5, 5.41) is 0. The third kappa shape index (κ3) is 3.33. The van der Waals surface area contributed by atoms with E-state index >= 15 is 0 Å². The Morgan fingerprint density at radius 3 is 2.75 bits per heavy atom. The molecule has 5 heteroatoms. The van der Waals surface area contributed by atoms with Gasteiger partial charge in [0.15, 0.2) is 0 Å². The predicted octanol–water partition coefficient (Wildman–Crippen LogP) is 2.82. The zero-order valence-electron chi connectivity index (χ0n) is 12.2. The van der Waals surface area contributed by atoms with Gasteiger partial charge in [-0.3, -0.25) is 0 Å². The van der Waals surface area contributed by atoms with E-state index in [9.17, 15) is 8.42 Å². The third-order valence-electron chi connectivity index (χ3n) is 4.19. The summed E-state index contributed by atoms with van der Waals surface area (Å²) < 4.78 is 27.9. The smallest absolute Gasteiger partial charge is 0.243 e. The molecule has 1 aliphatic carbocycles. The quantitative estimate of drug-likeness (QED) is 0.839. The molecule has 0 bridgehead atoms. The van der Waals surface area contributed by atoms with Gasteiger partial charge in [0.1, 0.15) is 4.90 Å². The average molecular weight is 296 g/mol. The highest BCUT2D eigenvalue weighted by molar-refractivity contribution is 7.89. The number of nitrogen functional groups attached to an aromatic ring is 1. The molecule has 4 nitrogen and oxygen atoms in total. The Labute approximate surface area is 121 Å². The van der Waals surface area contributed by atoms with Crippen LogP contribution in [0.15, 0.2) is 23.1 Å². The molecule has 2 atom stereocenters. The lowest BCUT2D eigenvalue weighted by Gasteiger charge is -2.29. The maximum absolute atomic E-state index is 12.5. The molecule has 0 amide bonds. The second-order valence-corrected chi connectivity index (χ2v) is 7.40. The van der Waals surface area contributed by atoms with Crippen molar-refractivity contribution in [2.24, 2.45) is 5.92 Å². The van der Waals surface area contributed by atoms with Crippen molar-refractivity contribution in [3.63, 3.8) is 0 Å². The standard InChI is InChI=1S/C15H24N2O2S/c1-3-12-7-5-8-13(10-12)17-20(18,19)15-11(2)6-4-9-14(15)16/h4,6,9,12-13,17H,3,5,7-8,10,16H2,1-2H3. The fraction of sp³-hybridized carbons (Fsp3) is 0.600. The summed E-state index contributed by atoms with van der Waals surface area (Å²) in [6.45, 7) is 3.95. The minimum atomic E-state index is -3.53. The van der Waals surface area contributed by atoms with Crippen molar-refractivity contribution in [2.45, 2.75) is 56.9 Å². The molecule has 112 valence electrons. The van der Waals surface area contributed by atoms with Crippen molar-refractivity contribution in [3.05, 3.63) is 23.8 Å². The number of rotatable bonds is 4. The molecular formula is C15H24N2O2S. The number of aryl methyl sites for hydroxylation is 1. The van der Waals surface area contributed by atoms with E-state index in [0.29, 0.717) is 17.2 Å². The van der Waals surface area contributed by atoms with Crippen LogP contribution in [0.3, 0.4) is 0 Å². The lowest BCUT2D eigenvalue weighted by atomic mass is 9.85. The number of benzene rings is 1. The zero-order valence-corrected chi connectivity index (χ0v) is 13.0. The first kappa shape index (κ1) is 15.3. The van der Waals surface area contributed by atoms with E-state index in [0.717, 1.165) is 25.7 Å². The number of hydrogen-bond acceptors (Lipinski definition) is 3. The van der Waals surface area contributed by atoms with Gasteiger partial charge in [-0.2, -0.15) is 0 Å². The van der Waals surface area contributed by atoms with Crippen molar-refractivity contribution in [1.29, 1.82) is 0 Å². The van der Waals surface area contributed by atoms with Gasteiger partial charge < -0.3 is 5.73 Å². The van der Waals surface area contributed by atoms with E-state index in [1.807, 2.05) is 0 Å². The summed E-state index contributed by atoms with van der Waals surface area (Å²) in [6, 6.07) is 5.23. The molecule has 0 aromatic heterocycles. The lowest BCUT2D eigenvalue weighted by molar-refractivity contribution is 0.301. The SMILES string of the molecule is CCC1CCCC(NS(=O)(=O)c2c(C)cccc2N)C1. The molecule has 2 unspecified atom stereocenters. The van der Waals surface area contributed by atoms with Crippen molar-refractivity contribution in [3.8, 4) is 0 Å². The Kier molecular flexibility index (Phi) is 4.70. The summed E-state index contributed by atoms with van der Waals surface area (Å²) in [7, 11) is -3.53. The van der Waals surface area contributed by atoms with E-state index in [-0.39, 0.29) is 10.9 Å². The van der Waals surface area contributed by atoms with E-state index in [1.54, 1.807) is 25.1 Å².